The summed E-state index contributed by atoms with van der Waals surface area (Å²) in [4.78, 5) is 2.03. The molecule has 0 atom stereocenters. The molecule has 0 aliphatic heterocycles. The van der Waals surface area contributed by atoms with Crippen molar-refractivity contribution in [3.63, 3.8) is 0 Å². The van der Waals surface area contributed by atoms with Gasteiger partial charge in [0.05, 0.1) is 4.90 Å². The number of benzene rings is 1. The molecular weight excluding hydrogens is 304 g/mol. The summed E-state index contributed by atoms with van der Waals surface area (Å²) in [6.07, 6.45) is 0. The largest absolute Gasteiger partial charge is 0.326 e. The molecule has 0 aliphatic rings. The van der Waals surface area contributed by atoms with Gasteiger partial charge in [0.25, 0.3) is 0 Å². The predicted octanol–water partition coefficient (Wildman–Crippen LogP) is 2.64. The molecule has 0 saturated heterocycles. The molecule has 0 aliphatic carbocycles. The summed E-state index contributed by atoms with van der Waals surface area (Å²) in [5.74, 6) is 0. The standard InChI is InChI=1S/C15H20N2O2S2/c1-11-4-6-13(7-5-11)10-17(3)21(18,19)15-8-14(9-16)20-12(15)2/h4-8H,9-10,16H2,1-3H3. The topological polar surface area (TPSA) is 63.4 Å². The van der Waals surface area contributed by atoms with Crippen LogP contribution in [0.2, 0.25) is 0 Å². The molecule has 0 radical (unpaired) electrons. The molecule has 114 valence electrons. The maximum Gasteiger partial charge on any atom is 0.244 e. The normalized spacial score (nSPS) is 12.0. The second-order valence-electron chi connectivity index (χ2n) is 5.08. The molecule has 2 N–H and O–H groups in total. The summed E-state index contributed by atoms with van der Waals surface area (Å²) in [5, 5.41) is 0. The summed E-state index contributed by atoms with van der Waals surface area (Å²) in [6.45, 7) is 4.54. The fourth-order valence-corrected chi connectivity index (χ4v) is 4.72. The summed E-state index contributed by atoms with van der Waals surface area (Å²) in [5.41, 5.74) is 7.72. The van der Waals surface area contributed by atoms with Gasteiger partial charge < -0.3 is 5.73 Å². The molecule has 1 heterocycles. The van der Waals surface area contributed by atoms with E-state index < -0.39 is 10.0 Å². The Kier molecular flexibility index (Phi) is 4.83. The first kappa shape index (κ1) is 16.2. The molecule has 2 rings (SSSR count). The van der Waals surface area contributed by atoms with Gasteiger partial charge in [0.15, 0.2) is 0 Å². The first-order chi connectivity index (χ1) is 9.84. The number of nitrogens with two attached hydrogens (primary N) is 1. The van der Waals surface area contributed by atoms with Crippen LogP contribution in [0.15, 0.2) is 35.2 Å². The fourth-order valence-electron chi connectivity index (χ4n) is 2.08. The van der Waals surface area contributed by atoms with Crippen LogP contribution in [0, 0.1) is 13.8 Å². The van der Waals surface area contributed by atoms with Gasteiger partial charge in [0, 0.05) is 29.9 Å². The Morgan fingerprint density at radius 2 is 1.81 bits per heavy atom. The van der Waals surface area contributed by atoms with Gasteiger partial charge in [-0.15, -0.1) is 11.3 Å². The second-order valence-corrected chi connectivity index (χ2v) is 8.44. The zero-order valence-electron chi connectivity index (χ0n) is 12.5. The molecule has 1 aromatic heterocycles. The van der Waals surface area contributed by atoms with Crippen LogP contribution in [0.5, 0.6) is 0 Å². The highest BCUT2D eigenvalue weighted by molar-refractivity contribution is 7.89. The Hall–Kier alpha value is -1.21. The van der Waals surface area contributed by atoms with E-state index >= 15 is 0 Å². The molecule has 2 aromatic rings. The van der Waals surface area contributed by atoms with Crippen molar-refractivity contribution in [2.75, 3.05) is 7.05 Å². The molecule has 0 bridgehead atoms. The molecule has 0 amide bonds. The van der Waals surface area contributed by atoms with E-state index in [4.69, 9.17) is 5.73 Å². The van der Waals surface area contributed by atoms with Crippen molar-refractivity contribution >= 4 is 21.4 Å². The maximum atomic E-state index is 12.6. The van der Waals surface area contributed by atoms with E-state index in [1.54, 1.807) is 13.1 Å². The van der Waals surface area contributed by atoms with Gasteiger partial charge in [-0.3, -0.25) is 0 Å². The summed E-state index contributed by atoms with van der Waals surface area (Å²) in [6, 6.07) is 9.55. The summed E-state index contributed by atoms with van der Waals surface area (Å²) in [7, 11) is -1.87. The third-order valence-electron chi connectivity index (χ3n) is 3.34. The summed E-state index contributed by atoms with van der Waals surface area (Å²) >= 11 is 1.44. The van der Waals surface area contributed by atoms with Gasteiger partial charge >= 0.3 is 0 Å². The van der Waals surface area contributed by atoms with Crippen LogP contribution in [0.4, 0.5) is 0 Å². The van der Waals surface area contributed by atoms with E-state index in [0.717, 1.165) is 20.9 Å². The van der Waals surface area contributed by atoms with Crippen LogP contribution < -0.4 is 5.73 Å². The van der Waals surface area contributed by atoms with E-state index in [0.29, 0.717) is 18.0 Å². The van der Waals surface area contributed by atoms with Crippen LogP contribution in [0.25, 0.3) is 0 Å². The number of nitrogens with zero attached hydrogens (tertiary/aromatic N) is 1. The zero-order chi connectivity index (χ0) is 15.6. The van der Waals surface area contributed by atoms with Crippen LogP contribution in [-0.4, -0.2) is 19.8 Å². The average Bonchev–Trinajstić information content (AvgIpc) is 2.83. The molecule has 21 heavy (non-hydrogen) atoms. The van der Waals surface area contributed by atoms with Crippen molar-refractivity contribution in [2.45, 2.75) is 31.8 Å². The van der Waals surface area contributed by atoms with E-state index in [9.17, 15) is 8.42 Å². The number of rotatable bonds is 5. The fraction of sp³-hybridized carbons (Fsp3) is 0.333. The monoisotopic (exact) mass is 324 g/mol. The minimum Gasteiger partial charge on any atom is -0.326 e. The lowest BCUT2D eigenvalue weighted by atomic mass is 10.1. The molecule has 0 spiro atoms. The number of hydrogen-bond donors (Lipinski definition) is 1. The van der Waals surface area contributed by atoms with E-state index in [1.807, 2.05) is 38.1 Å². The Balaban J connectivity index is 2.25. The second kappa shape index (κ2) is 6.27. The zero-order valence-corrected chi connectivity index (χ0v) is 14.1. The smallest absolute Gasteiger partial charge is 0.244 e. The molecule has 0 unspecified atom stereocenters. The SMILES string of the molecule is Cc1ccc(CN(C)S(=O)(=O)c2cc(CN)sc2C)cc1. The van der Waals surface area contributed by atoms with Crippen molar-refractivity contribution in [2.24, 2.45) is 5.73 Å². The highest BCUT2D eigenvalue weighted by Crippen LogP contribution is 2.28. The van der Waals surface area contributed by atoms with Crippen LogP contribution >= 0.6 is 11.3 Å². The van der Waals surface area contributed by atoms with Crippen LogP contribution in [0.3, 0.4) is 0 Å². The lowest BCUT2D eigenvalue weighted by Crippen LogP contribution is -2.26. The van der Waals surface area contributed by atoms with E-state index in [2.05, 4.69) is 0 Å². The van der Waals surface area contributed by atoms with Gasteiger partial charge in [-0.2, -0.15) is 4.31 Å². The molecule has 6 heteroatoms. The van der Waals surface area contributed by atoms with Crippen molar-refractivity contribution in [3.05, 3.63) is 51.2 Å². The van der Waals surface area contributed by atoms with Gasteiger partial charge in [0.2, 0.25) is 10.0 Å². The average molecular weight is 324 g/mol. The van der Waals surface area contributed by atoms with Gasteiger partial charge in [-0.1, -0.05) is 29.8 Å². The lowest BCUT2D eigenvalue weighted by Gasteiger charge is -2.17. The predicted molar refractivity (Wildman–Crippen MR) is 86.8 cm³/mol. The maximum absolute atomic E-state index is 12.6. The third kappa shape index (κ3) is 3.52. The molecule has 0 fully saturated rings. The number of thiophene rings is 1. The van der Waals surface area contributed by atoms with Crippen LogP contribution in [-0.2, 0) is 23.1 Å². The number of aryl methyl sites for hydroxylation is 2. The lowest BCUT2D eigenvalue weighted by molar-refractivity contribution is 0.466. The molecule has 1 aromatic carbocycles. The Morgan fingerprint density at radius 1 is 1.19 bits per heavy atom. The quantitative estimate of drug-likeness (QED) is 0.919. The van der Waals surface area contributed by atoms with E-state index in [-0.39, 0.29) is 0 Å². The van der Waals surface area contributed by atoms with Crippen molar-refractivity contribution < 1.29 is 8.42 Å². The minimum absolute atomic E-state index is 0.357. The third-order valence-corrected chi connectivity index (χ3v) is 6.47. The Labute approximate surface area is 130 Å². The Morgan fingerprint density at radius 3 is 2.33 bits per heavy atom. The van der Waals surface area contributed by atoms with Crippen molar-refractivity contribution in [3.8, 4) is 0 Å². The van der Waals surface area contributed by atoms with Gasteiger partial charge in [-0.25, -0.2) is 8.42 Å². The molecular formula is C15H20N2O2S2. The summed E-state index contributed by atoms with van der Waals surface area (Å²) < 4.78 is 26.7. The van der Waals surface area contributed by atoms with Crippen molar-refractivity contribution in [1.82, 2.24) is 4.31 Å². The molecule has 4 nitrogen and oxygen atoms in total. The first-order valence-electron chi connectivity index (χ1n) is 6.66. The highest BCUT2D eigenvalue weighted by atomic mass is 32.2. The first-order valence-corrected chi connectivity index (χ1v) is 8.91. The molecule has 0 saturated carbocycles. The van der Waals surface area contributed by atoms with Crippen molar-refractivity contribution in [1.29, 1.82) is 0 Å². The minimum atomic E-state index is -3.48. The number of sulfonamides is 1. The van der Waals surface area contributed by atoms with E-state index in [1.165, 1.54) is 15.6 Å². The Bertz CT molecular complexity index is 719. The van der Waals surface area contributed by atoms with Gasteiger partial charge in [-0.05, 0) is 25.5 Å². The van der Waals surface area contributed by atoms with Crippen LogP contribution in [0.1, 0.15) is 20.9 Å². The number of hydrogen-bond acceptors (Lipinski definition) is 4. The highest BCUT2D eigenvalue weighted by Gasteiger charge is 2.24. The van der Waals surface area contributed by atoms with Gasteiger partial charge in [0.1, 0.15) is 0 Å².